The van der Waals surface area contributed by atoms with Crippen molar-refractivity contribution in [3.05, 3.63) is 22.7 Å². The third kappa shape index (κ3) is 3.74. The summed E-state index contributed by atoms with van der Waals surface area (Å²) >= 11 is 0. The molecule has 1 saturated carbocycles. The Labute approximate surface area is 140 Å². The van der Waals surface area contributed by atoms with Crippen molar-refractivity contribution in [2.24, 2.45) is 0 Å². The van der Waals surface area contributed by atoms with Crippen molar-refractivity contribution in [3.8, 4) is 0 Å². The van der Waals surface area contributed by atoms with Crippen LogP contribution in [0.3, 0.4) is 0 Å². The molecule has 0 unspecified atom stereocenters. The van der Waals surface area contributed by atoms with Crippen LogP contribution in [0.2, 0.25) is 0 Å². The predicted octanol–water partition coefficient (Wildman–Crippen LogP) is 1.05. The van der Waals surface area contributed by atoms with Crippen LogP contribution < -0.4 is 11.0 Å². The van der Waals surface area contributed by atoms with Gasteiger partial charge in [-0.1, -0.05) is 19.3 Å². The molecule has 1 aromatic heterocycles. The Morgan fingerprint density at radius 2 is 1.88 bits per heavy atom. The van der Waals surface area contributed by atoms with Crippen LogP contribution in [0.15, 0.2) is 17.1 Å². The fourth-order valence-electron chi connectivity index (χ4n) is 3.34. The largest absolute Gasteiger partial charge is 0.349 e. The number of aromatic nitrogens is 2. The van der Waals surface area contributed by atoms with Crippen LogP contribution >= 0.6 is 0 Å². The molecule has 1 aliphatic heterocycles. The van der Waals surface area contributed by atoms with Gasteiger partial charge in [0.05, 0.1) is 0 Å². The number of carbonyl (C=O) groups excluding carboxylic acids is 2. The van der Waals surface area contributed by atoms with Gasteiger partial charge in [-0.05, 0) is 18.9 Å². The number of hydrogen-bond donors (Lipinski definition) is 1. The number of amides is 3. The molecule has 0 aromatic carbocycles. The first kappa shape index (κ1) is 16.5. The quantitative estimate of drug-likeness (QED) is 0.838. The Bertz CT molecular complexity index is 645. The number of urea groups is 1. The normalized spacial score (nSPS) is 19.2. The first-order valence-corrected chi connectivity index (χ1v) is 8.52. The Kier molecular flexibility index (Phi) is 5.12. The maximum Gasteiger partial charge on any atom is 0.349 e. The second kappa shape index (κ2) is 7.46. The van der Waals surface area contributed by atoms with Crippen LogP contribution in [0.1, 0.15) is 38.1 Å². The molecule has 130 valence electrons. The van der Waals surface area contributed by atoms with Crippen molar-refractivity contribution in [2.45, 2.75) is 38.1 Å². The van der Waals surface area contributed by atoms with Crippen molar-refractivity contribution in [2.75, 3.05) is 31.5 Å². The summed E-state index contributed by atoms with van der Waals surface area (Å²) in [6.45, 7) is 1.99. The number of nitrogens with one attached hydrogen (secondary N) is 1. The van der Waals surface area contributed by atoms with Crippen molar-refractivity contribution < 1.29 is 9.59 Å². The summed E-state index contributed by atoms with van der Waals surface area (Å²) in [5.74, 6) is 0.273. The van der Waals surface area contributed by atoms with Gasteiger partial charge in [-0.25, -0.2) is 9.59 Å². The lowest BCUT2D eigenvalue weighted by atomic mass is 9.95. The molecule has 1 aliphatic carbocycles. The van der Waals surface area contributed by atoms with Gasteiger partial charge >= 0.3 is 11.7 Å². The van der Waals surface area contributed by atoms with Crippen LogP contribution in [0, 0.1) is 0 Å². The SMILES string of the molecule is O=CN1CCN(C(=O)Nc2ccn(C3CCCCC3)c(=O)n2)CC1. The molecule has 3 rings (SSSR count). The number of anilines is 1. The monoisotopic (exact) mass is 333 g/mol. The Morgan fingerprint density at radius 1 is 1.17 bits per heavy atom. The zero-order valence-corrected chi connectivity index (χ0v) is 13.7. The first-order chi connectivity index (χ1) is 11.7. The maximum atomic E-state index is 12.2. The number of nitrogens with zero attached hydrogens (tertiary/aromatic N) is 4. The summed E-state index contributed by atoms with van der Waals surface area (Å²) in [4.78, 5) is 42.4. The minimum absolute atomic E-state index is 0.222. The van der Waals surface area contributed by atoms with Gasteiger partial charge in [0, 0.05) is 38.4 Å². The van der Waals surface area contributed by atoms with E-state index in [1.165, 1.54) is 6.42 Å². The van der Waals surface area contributed by atoms with Gasteiger partial charge in [-0.3, -0.25) is 14.7 Å². The van der Waals surface area contributed by atoms with Crippen LogP contribution in [0.25, 0.3) is 0 Å². The van der Waals surface area contributed by atoms with E-state index in [9.17, 15) is 14.4 Å². The van der Waals surface area contributed by atoms with E-state index in [2.05, 4.69) is 10.3 Å². The molecular formula is C16H23N5O3. The van der Waals surface area contributed by atoms with Gasteiger partial charge < -0.3 is 9.80 Å². The van der Waals surface area contributed by atoms with E-state index in [1.54, 1.807) is 26.6 Å². The zero-order valence-electron chi connectivity index (χ0n) is 13.7. The van der Waals surface area contributed by atoms with E-state index in [0.29, 0.717) is 26.2 Å². The molecule has 8 heteroatoms. The van der Waals surface area contributed by atoms with Crippen LogP contribution in [0.5, 0.6) is 0 Å². The molecule has 2 aliphatic rings. The molecule has 3 amide bonds. The first-order valence-electron chi connectivity index (χ1n) is 8.52. The number of hydrogen-bond acceptors (Lipinski definition) is 4. The zero-order chi connectivity index (χ0) is 16.9. The van der Waals surface area contributed by atoms with Gasteiger partial charge in [-0.15, -0.1) is 0 Å². The molecule has 2 fully saturated rings. The molecule has 1 N–H and O–H groups in total. The maximum absolute atomic E-state index is 12.2. The van der Waals surface area contributed by atoms with Crippen molar-refractivity contribution in [1.82, 2.24) is 19.4 Å². The average molecular weight is 333 g/mol. The summed E-state index contributed by atoms with van der Waals surface area (Å²) < 4.78 is 1.68. The highest BCUT2D eigenvalue weighted by molar-refractivity contribution is 5.88. The summed E-state index contributed by atoms with van der Waals surface area (Å²) in [7, 11) is 0. The topological polar surface area (TPSA) is 87.5 Å². The molecule has 0 atom stereocenters. The Balaban J connectivity index is 1.61. The van der Waals surface area contributed by atoms with E-state index in [-0.39, 0.29) is 23.6 Å². The van der Waals surface area contributed by atoms with E-state index in [0.717, 1.165) is 32.1 Å². The van der Waals surface area contributed by atoms with Crippen molar-refractivity contribution >= 4 is 18.3 Å². The lowest BCUT2D eigenvalue weighted by molar-refractivity contribution is -0.119. The highest BCUT2D eigenvalue weighted by Gasteiger charge is 2.21. The average Bonchev–Trinajstić information content (AvgIpc) is 2.62. The van der Waals surface area contributed by atoms with Gasteiger partial charge in [0.2, 0.25) is 6.41 Å². The highest BCUT2D eigenvalue weighted by Crippen LogP contribution is 2.26. The van der Waals surface area contributed by atoms with Crippen molar-refractivity contribution in [1.29, 1.82) is 0 Å². The fourth-order valence-corrected chi connectivity index (χ4v) is 3.34. The molecule has 8 nitrogen and oxygen atoms in total. The van der Waals surface area contributed by atoms with Gasteiger partial charge in [0.1, 0.15) is 5.82 Å². The molecule has 0 radical (unpaired) electrons. The lowest BCUT2D eigenvalue weighted by Crippen LogP contribution is -2.49. The van der Waals surface area contributed by atoms with Gasteiger partial charge in [0.15, 0.2) is 0 Å². The molecular weight excluding hydrogens is 310 g/mol. The van der Waals surface area contributed by atoms with Crippen LogP contribution in [0.4, 0.5) is 10.6 Å². The minimum atomic E-state index is -0.314. The third-order valence-electron chi connectivity index (χ3n) is 4.78. The summed E-state index contributed by atoms with van der Waals surface area (Å²) in [6, 6.07) is 1.61. The lowest BCUT2D eigenvalue weighted by Gasteiger charge is -2.32. The summed E-state index contributed by atoms with van der Waals surface area (Å²) in [5.41, 5.74) is -0.314. The van der Waals surface area contributed by atoms with Crippen LogP contribution in [-0.4, -0.2) is 58.0 Å². The second-order valence-electron chi connectivity index (χ2n) is 6.35. The van der Waals surface area contributed by atoms with Gasteiger partial charge in [0.25, 0.3) is 0 Å². The van der Waals surface area contributed by atoms with Gasteiger partial charge in [-0.2, -0.15) is 4.98 Å². The fraction of sp³-hybridized carbons (Fsp3) is 0.625. The van der Waals surface area contributed by atoms with E-state index >= 15 is 0 Å². The number of piperazine rings is 1. The summed E-state index contributed by atoms with van der Waals surface area (Å²) in [5, 5.41) is 2.67. The molecule has 0 spiro atoms. The number of rotatable bonds is 3. The standard InChI is InChI=1S/C16H23N5O3/c22-12-19-8-10-20(11-9-19)15(23)17-14-6-7-21(16(24)18-14)13-4-2-1-3-5-13/h6-7,12-13H,1-5,8-11H2,(H,17,18,23,24). The number of carbonyl (C=O) groups is 2. The molecule has 24 heavy (non-hydrogen) atoms. The third-order valence-corrected chi connectivity index (χ3v) is 4.78. The Hall–Kier alpha value is -2.38. The van der Waals surface area contributed by atoms with E-state index in [4.69, 9.17) is 0 Å². The van der Waals surface area contributed by atoms with E-state index in [1.807, 2.05) is 0 Å². The smallest absolute Gasteiger partial charge is 0.342 e. The molecule has 2 heterocycles. The van der Waals surface area contributed by atoms with E-state index < -0.39 is 0 Å². The van der Waals surface area contributed by atoms with Crippen LogP contribution in [-0.2, 0) is 4.79 Å². The minimum Gasteiger partial charge on any atom is -0.342 e. The highest BCUT2D eigenvalue weighted by atomic mass is 16.2. The molecule has 1 aromatic rings. The predicted molar refractivity (Wildman–Crippen MR) is 88.8 cm³/mol. The summed E-state index contributed by atoms with van der Waals surface area (Å²) in [6.07, 6.45) is 8.05. The second-order valence-corrected chi connectivity index (χ2v) is 6.35. The molecule has 0 bridgehead atoms. The van der Waals surface area contributed by atoms with Crippen molar-refractivity contribution in [3.63, 3.8) is 0 Å². The molecule has 1 saturated heterocycles. The Morgan fingerprint density at radius 3 is 2.50 bits per heavy atom.